The molecule has 0 bridgehead atoms. The standard InChI is InChI=1S/C34H37F2N7O3S/c1-19(2)8-28-24(11-37)33(25(12-38)34(41-28)40-27-6-7-42(14-20(27)3)23-17-47(45)18-23)21-4-5-30-31(9-21)46-16-32(44)43(30)15-29-26(36)10-22(35)13-39-29/h4-5,9-10,12-13,19-20,23,27,38H,6-8,14-18H2,1-3H3,(H,40,41)/t20-,23?,27-,47?/m1/s1. The van der Waals surface area contributed by atoms with Crippen molar-refractivity contribution in [2.24, 2.45) is 11.8 Å². The second kappa shape index (κ2) is 13.4. The predicted molar refractivity (Wildman–Crippen MR) is 176 cm³/mol. The molecule has 2 fully saturated rings. The molecule has 10 nitrogen and oxygen atoms in total. The number of nitrogens with zero attached hydrogens (tertiary/aromatic N) is 5. The largest absolute Gasteiger partial charge is 0.482 e. The quantitative estimate of drug-likeness (QED) is 0.316. The molecule has 0 saturated carbocycles. The summed E-state index contributed by atoms with van der Waals surface area (Å²) >= 11 is 0. The molecule has 6 rings (SSSR count). The predicted octanol–water partition coefficient (Wildman–Crippen LogP) is 4.67. The fraction of sp³-hybridized carbons (Fsp3) is 0.441. The number of benzene rings is 1. The van der Waals surface area contributed by atoms with E-state index >= 15 is 0 Å². The van der Waals surface area contributed by atoms with Crippen LogP contribution in [0.15, 0.2) is 30.5 Å². The number of ether oxygens (including phenoxy) is 1. The molecule has 2 atom stereocenters. The second-order valence-corrected chi connectivity index (χ2v) is 14.4. The first-order valence-electron chi connectivity index (χ1n) is 15.8. The summed E-state index contributed by atoms with van der Waals surface area (Å²) in [4.78, 5) is 25.4. The molecule has 1 amide bonds. The smallest absolute Gasteiger partial charge is 0.265 e. The maximum Gasteiger partial charge on any atom is 0.265 e. The number of hydrogen-bond acceptors (Lipinski definition) is 9. The summed E-state index contributed by atoms with van der Waals surface area (Å²) in [7, 11) is -0.705. The van der Waals surface area contributed by atoms with E-state index < -0.39 is 28.3 Å². The first kappa shape index (κ1) is 32.7. The molecule has 47 heavy (non-hydrogen) atoms. The van der Waals surface area contributed by atoms with Crippen LogP contribution >= 0.6 is 0 Å². The fourth-order valence-electron chi connectivity index (χ4n) is 6.59. The summed E-state index contributed by atoms with van der Waals surface area (Å²) < 4.78 is 45.4. The molecule has 3 aliphatic rings. The first-order chi connectivity index (χ1) is 22.6. The van der Waals surface area contributed by atoms with Gasteiger partial charge in [-0.15, -0.1) is 0 Å². The number of fused-ring (bicyclic) bond motifs is 1. The molecule has 246 valence electrons. The van der Waals surface area contributed by atoms with Crippen molar-refractivity contribution in [1.82, 2.24) is 14.9 Å². The molecule has 2 N–H and O–H groups in total. The summed E-state index contributed by atoms with van der Waals surface area (Å²) in [6.07, 6.45) is 3.53. The van der Waals surface area contributed by atoms with Gasteiger partial charge in [0, 0.05) is 70.9 Å². The topological polar surface area (TPSA) is 135 Å². The minimum atomic E-state index is -0.856. The van der Waals surface area contributed by atoms with Gasteiger partial charge in [0.05, 0.1) is 35.4 Å². The monoisotopic (exact) mass is 661 g/mol. The van der Waals surface area contributed by atoms with Crippen molar-refractivity contribution in [3.63, 3.8) is 0 Å². The van der Waals surface area contributed by atoms with Crippen LogP contribution in [-0.2, 0) is 28.6 Å². The average molecular weight is 662 g/mol. The molecule has 0 radical (unpaired) electrons. The Morgan fingerprint density at radius 1 is 1.26 bits per heavy atom. The van der Waals surface area contributed by atoms with E-state index in [4.69, 9.17) is 15.1 Å². The molecule has 3 aliphatic heterocycles. The number of carbonyl (C=O) groups is 1. The normalized spacial score (nSPS) is 22.7. The second-order valence-electron chi connectivity index (χ2n) is 12.9. The third-order valence-electron chi connectivity index (χ3n) is 9.08. The van der Waals surface area contributed by atoms with E-state index in [0.717, 1.165) is 43.3 Å². The third-order valence-corrected chi connectivity index (χ3v) is 10.6. The zero-order valence-corrected chi connectivity index (χ0v) is 27.4. The Morgan fingerprint density at radius 3 is 2.70 bits per heavy atom. The number of piperidine rings is 1. The molecule has 13 heteroatoms. The van der Waals surface area contributed by atoms with Crippen LogP contribution in [0.1, 0.15) is 49.7 Å². The van der Waals surface area contributed by atoms with E-state index in [1.165, 1.54) is 11.1 Å². The van der Waals surface area contributed by atoms with Crippen LogP contribution in [0.25, 0.3) is 11.1 Å². The van der Waals surface area contributed by atoms with Gasteiger partial charge in [-0.2, -0.15) is 5.26 Å². The van der Waals surface area contributed by atoms with E-state index in [0.29, 0.717) is 57.7 Å². The molecule has 3 aromatic rings. The van der Waals surface area contributed by atoms with Gasteiger partial charge in [-0.05, 0) is 42.4 Å². The highest BCUT2D eigenvalue weighted by Gasteiger charge is 2.36. The van der Waals surface area contributed by atoms with Crippen molar-refractivity contribution in [1.29, 1.82) is 10.7 Å². The fourth-order valence-corrected chi connectivity index (χ4v) is 7.77. The maximum atomic E-state index is 14.5. The Bertz CT molecular complexity index is 1790. The van der Waals surface area contributed by atoms with Crippen LogP contribution in [0.2, 0.25) is 0 Å². The number of carbonyl (C=O) groups excluding carboxylic acids is 1. The van der Waals surface area contributed by atoms with E-state index in [-0.39, 0.29) is 36.7 Å². The number of pyridine rings is 2. The van der Waals surface area contributed by atoms with Crippen LogP contribution < -0.4 is 15.0 Å². The van der Waals surface area contributed by atoms with Gasteiger partial charge in [0.25, 0.3) is 5.91 Å². The molecule has 0 unspecified atom stereocenters. The molecule has 2 aromatic heterocycles. The average Bonchev–Trinajstić information content (AvgIpc) is 3.02. The number of halogens is 2. The van der Waals surface area contributed by atoms with Gasteiger partial charge < -0.3 is 15.5 Å². The van der Waals surface area contributed by atoms with Gasteiger partial charge in [-0.25, -0.2) is 13.8 Å². The number of nitrogens with one attached hydrogen (secondary N) is 2. The van der Waals surface area contributed by atoms with Crippen molar-refractivity contribution in [2.45, 2.75) is 52.2 Å². The van der Waals surface area contributed by atoms with E-state index in [2.05, 4.69) is 42.0 Å². The Morgan fingerprint density at radius 2 is 2.04 bits per heavy atom. The minimum Gasteiger partial charge on any atom is -0.482 e. The number of hydrogen-bond donors (Lipinski definition) is 2. The Kier molecular flexibility index (Phi) is 9.34. The number of nitriles is 1. The first-order valence-corrected chi connectivity index (χ1v) is 17.3. The van der Waals surface area contributed by atoms with Gasteiger partial charge in [-0.3, -0.25) is 23.8 Å². The van der Waals surface area contributed by atoms with Crippen LogP contribution in [0.4, 0.5) is 20.3 Å². The van der Waals surface area contributed by atoms with Gasteiger partial charge in [0.1, 0.15) is 29.3 Å². The molecular formula is C34H37F2N7O3S. The third kappa shape index (κ3) is 6.62. The SMILES string of the molecule is CC(C)Cc1nc(N[C@@H]2CCN(C3CS(=O)C3)C[C@H]2C)c(C=N)c(-c2ccc3c(c2)OCC(=O)N3Cc2ncc(F)cc2F)c1C#N. The summed E-state index contributed by atoms with van der Waals surface area (Å²) in [6, 6.07) is 8.67. The lowest BCUT2D eigenvalue weighted by Crippen LogP contribution is -2.56. The lowest BCUT2D eigenvalue weighted by atomic mass is 9.90. The van der Waals surface area contributed by atoms with Crippen LogP contribution in [0.3, 0.4) is 0 Å². The molecule has 0 aliphatic carbocycles. The van der Waals surface area contributed by atoms with Gasteiger partial charge in [-0.1, -0.05) is 26.8 Å². The Hall–Kier alpha value is -4.28. The Labute approximate surface area is 275 Å². The van der Waals surface area contributed by atoms with E-state index in [1.54, 1.807) is 18.2 Å². The molecule has 0 spiro atoms. The summed E-state index contributed by atoms with van der Waals surface area (Å²) in [5.41, 5.74) is 2.91. The lowest BCUT2D eigenvalue weighted by molar-refractivity contribution is -0.121. The lowest BCUT2D eigenvalue weighted by Gasteiger charge is -2.44. The van der Waals surface area contributed by atoms with Crippen molar-refractivity contribution in [3.8, 4) is 22.9 Å². The van der Waals surface area contributed by atoms with Crippen LogP contribution in [-0.4, -0.2) is 74.5 Å². The van der Waals surface area contributed by atoms with Crippen molar-refractivity contribution >= 4 is 34.4 Å². The minimum absolute atomic E-state index is 0.0829. The molecule has 5 heterocycles. The number of anilines is 2. The van der Waals surface area contributed by atoms with Crippen LogP contribution in [0, 0.1) is 40.2 Å². The number of rotatable bonds is 9. The molecule has 2 saturated heterocycles. The number of amides is 1. The van der Waals surface area contributed by atoms with Crippen molar-refractivity contribution in [3.05, 3.63) is 64.6 Å². The van der Waals surface area contributed by atoms with Gasteiger partial charge in [0.2, 0.25) is 0 Å². The molecular weight excluding hydrogens is 624 g/mol. The zero-order valence-electron chi connectivity index (χ0n) is 26.6. The number of aromatic nitrogens is 2. The van der Waals surface area contributed by atoms with Crippen molar-refractivity contribution < 1.29 is 22.5 Å². The van der Waals surface area contributed by atoms with Gasteiger partial charge in [0.15, 0.2) is 6.61 Å². The van der Waals surface area contributed by atoms with Crippen LogP contribution in [0.5, 0.6) is 5.75 Å². The molecule has 1 aromatic carbocycles. The summed E-state index contributed by atoms with van der Waals surface area (Å²) in [6.45, 7) is 7.54. The zero-order chi connectivity index (χ0) is 33.4. The highest BCUT2D eigenvalue weighted by molar-refractivity contribution is 7.86. The van der Waals surface area contributed by atoms with E-state index in [9.17, 15) is 23.0 Å². The van der Waals surface area contributed by atoms with E-state index in [1.807, 2.05) is 0 Å². The van der Waals surface area contributed by atoms with Crippen molar-refractivity contribution in [2.75, 3.05) is 41.4 Å². The summed E-state index contributed by atoms with van der Waals surface area (Å²) in [5.74, 6) is 0.758. The highest BCUT2D eigenvalue weighted by Crippen LogP contribution is 2.41. The maximum absolute atomic E-state index is 14.5. The summed E-state index contributed by atoms with van der Waals surface area (Å²) in [5, 5.41) is 22.5. The Balaban J connectivity index is 1.36. The highest BCUT2D eigenvalue weighted by atomic mass is 32.2. The number of likely N-dealkylation sites (tertiary alicyclic amines) is 1. The van der Waals surface area contributed by atoms with Gasteiger partial charge >= 0.3 is 0 Å².